The molecule has 0 saturated heterocycles. The monoisotopic (exact) mass is 385 g/mol. The Labute approximate surface area is 160 Å². The molecule has 27 heavy (non-hydrogen) atoms. The summed E-state index contributed by atoms with van der Waals surface area (Å²) in [6.45, 7) is 3.63. The highest BCUT2D eigenvalue weighted by molar-refractivity contribution is 6.32. The second-order valence-electron chi connectivity index (χ2n) is 5.95. The fourth-order valence-corrected chi connectivity index (χ4v) is 2.89. The topological polar surface area (TPSA) is 87.3 Å². The van der Waals surface area contributed by atoms with Crippen LogP contribution in [-0.2, 0) is 6.54 Å². The molecular formula is C19H16ClN3O4. The summed E-state index contributed by atoms with van der Waals surface area (Å²) >= 11 is 5.99. The van der Waals surface area contributed by atoms with Gasteiger partial charge in [-0.3, -0.25) is 14.8 Å². The predicted molar refractivity (Wildman–Crippen MR) is 100 cm³/mol. The highest BCUT2D eigenvalue weighted by Crippen LogP contribution is 2.25. The Morgan fingerprint density at radius 3 is 2.44 bits per heavy atom. The maximum Gasteiger partial charge on any atom is 0.343 e. The van der Waals surface area contributed by atoms with E-state index in [-0.39, 0.29) is 5.69 Å². The number of carbonyl (C=O) groups is 1. The van der Waals surface area contributed by atoms with Crippen molar-refractivity contribution in [2.75, 3.05) is 0 Å². The van der Waals surface area contributed by atoms with Gasteiger partial charge < -0.3 is 4.74 Å². The van der Waals surface area contributed by atoms with Gasteiger partial charge in [0, 0.05) is 0 Å². The van der Waals surface area contributed by atoms with E-state index in [9.17, 15) is 14.9 Å². The third kappa shape index (κ3) is 3.98. The second kappa shape index (κ2) is 7.59. The van der Waals surface area contributed by atoms with Crippen LogP contribution in [-0.4, -0.2) is 20.7 Å². The Balaban J connectivity index is 1.74. The van der Waals surface area contributed by atoms with Gasteiger partial charge in [0.15, 0.2) is 0 Å². The van der Waals surface area contributed by atoms with Crippen molar-refractivity contribution in [2.45, 2.75) is 20.4 Å². The highest BCUT2D eigenvalue weighted by atomic mass is 35.5. The van der Waals surface area contributed by atoms with E-state index in [1.807, 2.05) is 0 Å². The van der Waals surface area contributed by atoms with E-state index >= 15 is 0 Å². The Kier molecular flexibility index (Phi) is 5.23. The Hall–Kier alpha value is -3.19. The molecule has 0 unspecified atom stereocenters. The first kappa shape index (κ1) is 18.6. The van der Waals surface area contributed by atoms with Gasteiger partial charge in [-0.15, -0.1) is 0 Å². The molecule has 0 N–H and O–H groups in total. The van der Waals surface area contributed by atoms with Crippen LogP contribution in [0.1, 0.15) is 27.3 Å². The van der Waals surface area contributed by atoms with E-state index in [1.165, 1.54) is 0 Å². The maximum atomic E-state index is 12.2. The Morgan fingerprint density at radius 1 is 1.19 bits per heavy atom. The van der Waals surface area contributed by atoms with E-state index < -0.39 is 10.9 Å². The van der Waals surface area contributed by atoms with Crippen LogP contribution in [0.25, 0.3) is 0 Å². The minimum absolute atomic E-state index is 0.0231. The molecule has 8 heteroatoms. The average molecular weight is 386 g/mol. The van der Waals surface area contributed by atoms with Gasteiger partial charge in [-0.2, -0.15) is 5.10 Å². The lowest BCUT2D eigenvalue weighted by Gasteiger charge is -2.07. The minimum Gasteiger partial charge on any atom is -0.421 e. The van der Waals surface area contributed by atoms with E-state index in [4.69, 9.17) is 16.3 Å². The number of halogens is 1. The normalized spacial score (nSPS) is 10.6. The SMILES string of the molecule is Cc1nn(Cc2ccc(C(=O)Oc3ccccc3Cl)cc2)c(C)c1[N+](=O)[O-]. The molecule has 0 aliphatic rings. The fourth-order valence-electron chi connectivity index (χ4n) is 2.71. The van der Waals surface area contributed by atoms with Crippen LogP contribution in [0.3, 0.4) is 0 Å². The number of esters is 1. The molecule has 3 rings (SSSR count). The summed E-state index contributed by atoms with van der Waals surface area (Å²) in [6.07, 6.45) is 0. The summed E-state index contributed by atoms with van der Waals surface area (Å²) in [6, 6.07) is 13.5. The number of hydrogen-bond donors (Lipinski definition) is 0. The number of benzene rings is 2. The minimum atomic E-state index is -0.517. The molecule has 0 amide bonds. The number of ether oxygens (including phenoxy) is 1. The van der Waals surface area contributed by atoms with Crippen LogP contribution < -0.4 is 4.74 Å². The van der Waals surface area contributed by atoms with Crippen molar-refractivity contribution in [3.05, 3.63) is 86.2 Å². The van der Waals surface area contributed by atoms with Crippen LogP contribution in [0.15, 0.2) is 48.5 Å². The number of nitro groups is 1. The van der Waals surface area contributed by atoms with Crippen molar-refractivity contribution in [3.8, 4) is 5.75 Å². The van der Waals surface area contributed by atoms with Gasteiger partial charge in [0.2, 0.25) is 0 Å². The molecule has 3 aromatic rings. The number of para-hydroxylation sites is 1. The number of nitrogens with zero attached hydrogens (tertiary/aromatic N) is 3. The number of hydrogen-bond acceptors (Lipinski definition) is 5. The second-order valence-corrected chi connectivity index (χ2v) is 6.36. The molecule has 138 valence electrons. The summed E-state index contributed by atoms with van der Waals surface area (Å²) in [5.74, 6) is -0.223. The first-order chi connectivity index (χ1) is 12.9. The van der Waals surface area contributed by atoms with Crippen molar-refractivity contribution in [1.29, 1.82) is 0 Å². The summed E-state index contributed by atoms with van der Waals surface area (Å²) < 4.78 is 6.86. The number of rotatable bonds is 5. The molecule has 0 fully saturated rings. The summed E-state index contributed by atoms with van der Waals surface area (Å²) in [5, 5.41) is 15.7. The van der Waals surface area contributed by atoms with Crippen molar-refractivity contribution in [2.24, 2.45) is 0 Å². The molecular weight excluding hydrogens is 370 g/mol. The molecule has 0 aliphatic carbocycles. The van der Waals surface area contributed by atoms with Crippen LogP contribution in [0.4, 0.5) is 5.69 Å². The van der Waals surface area contributed by atoms with Gasteiger partial charge in [-0.05, 0) is 43.7 Å². The zero-order valence-corrected chi connectivity index (χ0v) is 15.4. The van der Waals surface area contributed by atoms with Crippen LogP contribution in [0, 0.1) is 24.0 Å². The predicted octanol–water partition coefficient (Wildman–Crippen LogP) is 4.33. The van der Waals surface area contributed by atoms with E-state index in [1.54, 1.807) is 67.1 Å². The Morgan fingerprint density at radius 2 is 1.85 bits per heavy atom. The quantitative estimate of drug-likeness (QED) is 0.282. The van der Waals surface area contributed by atoms with Gasteiger partial charge in [-0.25, -0.2) is 4.79 Å². The molecule has 0 aliphatic heterocycles. The highest BCUT2D eigenvalue weighted by Gasteiger charge is 2.21. The molecule has 2 aromatic carbocycles. The molecule has 1 heterocycles. The van der Waals surface area contributed by atoms with E-state index in [0.717, 1.165) is 5.56 Å². The van der Waals surface area contributed by atoms with Crippen molar-refractivity contribution >= 4 is 23.3 Å². The van der Waals surface area contributed by atoms with Crippen LogP contribution >= 0.6 is 11.6 Å². The van der Waals surface area contributed by atoms with Crippen molar-refractivity contribution in [3.63, 3.8) is 0 Å². The molecule has 1 aromatic heterocycles. The summed E-state index contributed by atoms with van der Waals surface area (Å²) in [5.41, 5.74) is 2.11. The van der Waals surface area contributed by atoms with Crippen LogP contribution in [0.2, 0.25) is 5.02 Å². The zero-order chi connectivity index (χ0) is 19.6. The fraction of sp³-hybridized carbons (Fsp3) is 0.158. The third-order valence-electron chi connectivity index (χ3n) is 4.09. The molecule has 0 radical (unpaired) electrons. The van der Waals surface area contributed by atoms with Crippen molar-refractivity contribution < 1.29 is 14.5 Å². The summed E-state index contributed by atoms with van der Waals surface area (Å²) in [7, 11) is 0. The first-order valence-corrected chi connectivity index (χ1v) is 8.48. The van der Waals surface area contributed by atoms with E-state index in [0.29, 0.717) is 34.3 Å². The summed E-state index contributed by atoms with van der Waals surface area (Å²) in [4.78, 5) is 22.9. The van der Waals surface area contributed by atoms with Gasteiger partial charge in [-0.1, -0.05) is 35.9 Å². The number of aryl methyl sites for hydroxylation is 1. The first-order valence-electron chi connectivity index (χ1n) is 8.11. The third-order valence-corrected chi connectivity index (χ3v) is 4.40. The van der Waals surface area contributed by atoms with Gasteiger partial charge in [0.1, 0.15) is 17.1 Å². The average Bonchev–Trinajstić information content (AvgIpc) is 2.91. The van der Waals surface area contributed by atoms with Crippen LogP contribution in [0.5, 0.6) is 5.75 Å². The van der Waals surface area contributed by atoms with Gasteiger partial charge >= 0.3 is 11.7 Å². The van der Waals surface area contributed by atoms with Gasteiger partial charge in [0.25, 0.3) is 0 Å². The molecule has 7 nitrogen and oxygen atoms in total. The lowest BCUT2D eigenvalue weighted by atomic mass is 10.1. The zero-order valence-electron chi connectivity index (χ0n) is 14.7. The maximum absolute atomic E-state index is 12.2. The van der Waals surface area contributed by atoms with E-state index in [2.05, 4.69) is 5.10 Å². The Bertz CT molecular complexity index is 1010. The van der Waals surface area contributed by atoms with Gasteiger partial charge in [0.05, 0.1) is 22.1 Å². The number of carbonyl (C=O) groups excluding carboxylic acids is 1. The number of aromatic nitrogens is 2. The van der Waals surface area contributed by atoms with Crippen molar-refractivity contribution in [1.82, 2.24) is 9.78 Å². The molecule has 0 saturated carbocycles. The molecule has 0 spiro atoms. The molecule has 0 atom stereocenters. The lowest BCUT2D eigenvalue weighted by Crippen LogP contribution is -2.09. The molecule has 0 bridgehead atoms. The largest absolute Gasteiger partial charge is 0.421 e. The standard InChI is InChI=1S/C19H16ClN3O4/c1-12-18(23(25)26)13(2)22(21-12)11-14-7-9-15(10-8-14)19(24)27-17-6-4-3-5-16(17)20/h3-10H,11H2,1-2H3. The lowest BCUT2D eigenvalue weighted by molar-refractivity contribution is -0.386. The smallest absolute Gasteiger partial charge is 0.343 e.